The van der Waals surface area contributed by atoms with Crippen LogP contribution in [0.1, 0.15) is 29.8 Å². The first-order chi connectivity index (χ1) is 15.1. The first kappa shape index (κ1) is 19.9. The Balaban J connectivity index is 1.28. The molecule has 0 unspecified atom stereocenters. The second-order valence-corrected chi connectivity index (χ2v) is 8.44. The van der Waals surface area contributed by atoms with Crippen LogP contribution in [0.15, 0.2) is 48.8 Å². The average Bonchev–Trinajstić information content (AvgIpc) is 3.47. The molecule has 3 aromatic rings. The van der Waals surface area contributed by atoms with Crippen LogP contribution >= 0.6 is 0 Å². The molecule has 0 spiro atoms. The van der Waals surface area contributed by atoms with Crippen molar-refractivity contribution >= 4 is 11.6 Å². The quantitative estimate of drug-likeness (QED) is 0.687. The van der Waals surface area contributed by atoms with Crippen molar-refractivity contribution < 1.29 is 9.18 Å². The van der Waals surface area contributed by atoms with Crippen molar-refractivity contribution in [1.82, 2.24) is 19.7 Å². The fraction of sp³-hybridized carbons (Fsp3) is 0.375. The van der Waals surface area contributed by atoms with Crippen molar-refractivity contribution in [2.75, 3.05) is 11.9 Å². The minimum Gasteiger partial charge on any atom is -0.325 e. The first-order valence-electron chi connectivity index (χ1n) is 10.8. The second kappa shape index (κ2) is 8.23. The SMILES string of the molecule is Cn1nc(CN2C[C@@H](F)C[C@@H]2C(=O)Nc2ccc(-c3cccnc3)cc2)c2c1CCC2. The van der Waals surface area contributed by atoms with Crippen LogP contribution in [-0.4, -0.2) is 44.3 Å². The third-order valence-corrected chi connectivity index (χ3v) is 6.35. The zero-order chi connectivity index (χ0) is 21.4. The molecule has 1 amide bonds. The highest BCUT2D eigenvalue weighted by Crippen LogP contribution is 2.29. The summed E-state index contributed by atoms with van der Waals surface area (Å²) in [6.07, 6.45) is 5.96. The third-order valence-electron chi connectivity index (χ3n) is 6.35. The second-order valence-electron chi connectivity index (χ2n) is 8.44. The number of carbonyl (C=O) groups is 1. The van der Waals surface area contributed by atoms with Crippen molar-refractivity contribution in [2.45, 2.75) is 44.4 Å². The standard InChI is InChI=1S/C24H26FN5O/c1-29-22-6-2-5-20(22)21(28-29)15-30-14-18(25)12-23(30)24(31)27-19-9-7-16(8-10-19)17-4-3-11-26-13-17/h3-4,7-11,13,18,23H,2,5-6,12,14-15H2,1H3,(H,27,31)/t18-,23+/m0/s1. The molecule has 1 fully saturated rings. The van der Waals surface area contributed by atoms with E-state index in [1.807, 2.05) is 53.0 Å². The Morgan fingerprint density at radius 3 is 2.81 bits per heavy atom. The van der Waals surface area contributed by atoms with Gasteiger partial charge in [-0.2, -0.15) is 5.10 Å². The van der Waals surface area contributed by atoms with E-state index >= 15 is 0 Å². The highest BCUT2D eigenvalue weighted by atomic mass is 19.1. The minimum atomic E-state index is -1.000. The van der Waals surface area contributed by atoms with Gasteiger partial charge in [-0.05, 0) is 54.2 Å². The molecule has 0 saturated carbocycles. The van der Waals surface area contributed by atoms with Gasteiger partial charge in [0, 0.05) is 50.3 Å². The third kappa shape index (κ3) is 3.97. The molecule has 31 heavy (non-hydrogen) atoms. The van der Waals surface area contributed by atoms with E-state index in [9.17, 15) is 9.18 Å². The molecule has 3 heterocycles. The summed E-state index contributed by atoms with van der Waals surface area (Å²) in [4.78, 5) is 19.1. The number of rotatable bonds is 5. The zero-order valence-corrected chi connectivity index (χ0v) is 17.6. The molecule has 5 rings (SSSR count). The van der Waals surface area contributed by atoms with Crippen LogP contribution in [0.3, 0.4) is 0 Å². The molecular formula is C24H26FN5O. The Kier molecular flexibility index (Phi) is 5.28. The number of fused-ring (bicyclic) bond motifs is 1. The van der Waals surface area contributed by atoms with E-state index < -0.39 is 12.2 Å². The number of aromatic nitrogens is 3. The molecule has 0 bridgehead atoms. The summed E-state index contributed by atoms with van der Waals surface area (Å²) in [6, 6.07) is 11.0. The lowest BCUT2D eigenvalue weighted by Crippen LogP contribution is -2.39. The van der Waals surface area contributed by atoms with E-state index in [4.69, 9.17) is 0 Å². The summed E-state index contributed by atoms with van der Waals surface area (Å²) in [5.74, 6) is -0.165. The molecule has 6 nitrogen and oxygen atoms in total. The van der Waals surface area contributed by atoms with Crippen LogP contribution in [0.4, 0.5) is 10.1 Å². The van der Waals surface area contributed by atoms with Crippen molar-refractivity contribution in [3.05, 3.63) is 65.7 Å². The molecular weight excluding hydrogens is 393 g/mol. The molecule has 1 saturated heterocycles. The number of hydrogen-bond acceptors (Lipinski definition) is 4. The van der Waals surface area contributed by atoms with E-state index in [0.29, 0.717) is 12.2 Å². The number of carbonyl (C=O) groups excluding carboxylic acids is 1. The molecule has 7 heteroatoms. The Hall–Kier alpha value is -3.06. The van der Waals surface area contributed by atoms with Gasteiger partial charge in [0.05, 0.1) is 11.7 Å². The van der Waals surface area contributed by atoms with E-state index in [2.05, 4.69) is 15.4 Å². The largest absolute Gasteiger partial charge is 0.325 e. The van der Waals surface area contributed by atoms with E-state index in [1.54, 1.807) is 12.4 Å². The number of pyridine rings is 1. The summed E-state index contributed by atoms with van der Waals surface area (Å²) in [5.41, 5.74) is 6.31. The maximum atomic E-state index is 14.3. The molecule has 1 aliphatic heterocycles. The predicted octanol–water partition coefficient (Wildman–Crippen LogP) is 3.52. The van der Waals surface area contributed by atoms with Crippen LogP contribution in [0.5, 0.6) is 0 Å². The van der Waals surface area contributed by atoms with Gasteiger partial charge in [0.1, 0.15) is 6.17 Å². The number of halogens is 1. The lowest BCUT2D eigenvalue weighted by atomic mass is 10.1. The molecule has 2 atom stereocenters. The van der Waals surface area contributed by atoms with Crippen LogP contribution in [-0.2, 0) is 31.2 Å². The number of alkyl halides is 1. The summed E-state index contributed by atoms with van der Waals surface area (Å²) in [5, 5.41) is 7.62. The topological polar surface area (TPSA) is 63.1 Å². The fourth-order valence-electron chi connectivity index (χ4n) is 4.82. The fourth-order valence-corrected chi connectivity index (χ4v) is 4.82. The van der Waals surface area contributed by atoms with Crippen LogP contribution in [0.2, 0.25) is 0 Å². The highest BCUT2D eigenvalue weighted by Gasteiger charge is 2.38. The van der Waals surface area contributed by atoms with Gasteiger partial charge in [-0.1, -0.05) is 18.2 Å². The van der Waals surface area contributed by atoms with Gasteiger partial charge in [0.15, 0.2) is 0 Å². The van der Waals surface area contributed by atoms with Crippen LogP contribution in [0, 0.1) is 0 Å². The molecule has 0 radical (unpaired) electrons. The van der Waals surface area contributed by atoms with Crippen molar-refractivity contribution in [2.24, 2.45) is 7.05 Å². The van der Waals surface area contributed by atoms with Crippen molar-refractivity contribution in [1.29, 1.82) is 0 Å². The highest BCUT2D eigenvalue weighted by molar-refractivity contribution is 5.95. The van der Waals surface area contributed by atoms with E-state index in [0.717, 1.165) is 36.1 Å². The smallest absolute Gasteiger partial charge is 0.241 e. The number of amides is 1. The number of anilines is 1. The summed E-state index contributed by atoms with van der Waals surface area (Å²) >= 11 is 0. The molecule has 2 aliphatic rings. The number of nitrogens with one attached hydrogen (secondary N) is 1. The molecule has 1 N–H and O–H groups in total. The van der Waals surface area contributed by atoms with Gasteiger partial charge < -0.3 is 5.32 Å². The van der Waals surface area contributed by atoms with Crippen molar-refractivity contribution in [3.63, 3.8) is 0 Å². The molecule has 160 valence electrons. The minimum absolute atomic E-state index is 0.165. The first-order valence-corrected chi connectivity index (χ1v) is 10.8. The van der Waals surface area contributed by atoms with E-state index in [-0.39, 0.29) is 18.9 Å². The lowest BCUT2D eigenvalue weighted by Gasteiger charge is -2.23. The van der Waals surface area contributed by atoms with Gasteiger partial charge in [0.2, 0.25) is 5.91 Å². The Morgan fingerprint density at radius 1 is 1.19 bits per heavy atom. The Bertz CT molecular complexity index is 1080. The van der Waals surface area contributed by atoms with Crippen LogP contribution < -0.4 is 5.32 Å². The van der Waals surface area contributed by atoms with Crippen molar-refractivity contribution in [3.8, 4) is 11.1 Å². The van der Waals surface area contributed by atoms with Gasteiger partial charge in [0.25, 0.3) is 0 Å². The number of nitrogens with zero attached hydrogens (tertiary/aromatic N) is 4. The Labute approximate surface area is 181 Å². The summed E-state index contributed by atoms with van der Waals surface area (Å²) in [6.45, 7) is 0.783. The van der Waals surface area contributed by atoms with Gasteiger partial charge in [-0.15, -0.1) is 0 Å². The summed E-state index contributed by atoms with van der Waals surface area (Å²) in [7, 11) is 1.97. The summed E-state index contributed by atoms with van der Waals surface area (Å²) < 4.78 is 16.2. The molecule has 1 aromatic carbocycles. The average molecular weight is 420 g/mol. The van der Waals surface area contributed by atoms with Gasteiger partial charge >= 0.3 is 0 Å². The van der Waals surface area contributed by atoms with E-state index in [1.165, 1.54) is 11.3 Å². The normalized spacial score (nSPS) is 20.7. The Morgan fingerprint density at radius 2 is 2.03 bits per heavy atom. The number of hydrogen-bond donors (Lipinski definition) is 1. The number of benzene rings is 1. The molecule has 2 aromatic heterocycles. The maximum Gasteiger partial charge on any atom is 0.241 e. The lowest BCUT2D eigenvalue weighted by molar-refractivity contribution is -0.120. The monoisotopic (exact) mass is 419 g/mol. The molecule has 1 aliphatic carbocycles. The van der Waals surface area contributed by atoms with Gasteiger partial charge in [-0.25, -0.2) is 4.39 Å². The zero-order valence-electron chi connectivity index (χ0n) is 17.6. The maximum absolute atomic E-state index is 14.3. The van der Waals surface area contributed by atoms with Gasteiger partial charge in [-0.3, -0.25) is 19.4 Å². The van der Waals surface area contributed by atoms with Crippen LogP contribution in [0.25, 0.3) is 11.1 Å². The predicted molar refractivity (Wildman–Crippen MR) is 117 cm³/mol. The number of aryl methyl sites for hydroxylation is 1. The number of likely N-dealkylation sites (tertiary alicyclic amines) is 1.